The van der Waals surface area contributed by atoms with Crippen LogP contribution in [0.4, 0.5) is 0 Å². The van der Waals surface area contributed by atoms with Crippen molar-refractivity contribution in [1.82, 2.24) is 14.3 Å². The Labute approximate surface area is 127 Å². The maximum absolute atomic E-state index is 12.2. The topological polar surface area (TPSA) is 77.1 Å². The second-order valence-electron chi connectivity index (χ2n) is 4.20. The first-order valence-electron chi connectivity index (χ1n) is 5.72. The zero-order chi connectivity index (χ0) is 14.9. The van der Waals surface area contributed by atoms with E-state index in [4.69, 9.17) is 16.7 Å². The van der Waals surface area contributed by atoms with Crippen LogP contribution in [0.25, 0.3) is 0 Å². The van der Waals surface area contributed by atoms with E-state index in [1.807, 2.05) is 0 Å². The number of halogens is 2. The lowest BCUT2D eigenvalue weighted by Gasteiger charge is -2.10. The van der Waals surface area contributed by atoms with Crippen LogP contribution in [0.3, 0.4) is 0 Å². The summed E-state index contributed by atoms with van der Waals surface area (Å²) in [5.74, 6) is -1.11. The minimum absolute atomic E-state index is 0.186. The molecule has 0 unspecified atom stereocenters. The van der Waals surface area contributed by atoms with Gasteiger partial charge in [-0.3, -0.25) is 9.36 Å². The molecular weight excluding hydrogens is 350 g/mol. The van der Waals surface area contributed by atoms with E-state index >= 15 is 0 Å². The highest BCUT2D eigenvalue weighted by Gasteiger charge is 2.18. The highest BCUT2D eigenvalue weighted by molar-refractivity contribution is 9.10. The summed E-state index contributed by atoms with van der Waals surface area (Å²) in [6.07, 6.45) is 0. The molecule has 2 aromatic rings. The van der Waals surface area contributed by atoms with Gasteiger partial charge in [0.15, 0.2) is 0 Å². The van der Waals surface area contributed by atoms with Crippen LogP contribution in [0.15, 0.2) is 33.8 Å². The number of carbonyl (C=O) groups is 1. The van der Waals surface area contributed by atoms with E-state index in [0.29, 0.717) is 5.02 Å². The second-order valence-corrected chi connectivity index (χ2v) is 5.35. The normalized spacial score (nSPS) is 12.3. The predicted octanol–water partition coefficient (Wildman–Crippen LogP) is 2.15. The maximum Gasteiger partial charge on any atom is 0.347 e. The Bertz CT molecular complexity index is 693. The van der Waals surface area contributed by atoms with E-state index in [0.717, 1.165) is 10.1 Å². The fourth-order valence-corrected chi connectivity index (χ4v) is 2.37. The average Bonchev–Trinajstić information content (AvgIpc) is 2.66. The lowest BCUT2D eigenvalue weighted by atomic mass is 10.1. The van der Waals surface area contributed by atoms with Crippen LogP contribution >= 0.6 is 27.5 Å². The van der Waals surface area contributed by atoms with Gasteiger partial charge in [0.2, 0.25) is 4.73 Å². The van der Waals surface area contributed by atoms with Crippen LogP contribution in [0.2, 0.25) is 5.02 Å². The lowest BCUT2D eigenvalue weighted by Crippen LogP contribution is -2.29. The second kappa shape index (κ2) is 5.80. The Morgan fingerprint density at radius 1 is 1.45 bits per heavy atom. The maximum atomic E-state index is 12.2. The quantitative estimate of drug-likeness (QED) is 0.906. The van der Waals surface area contributed by atoms with Crippen molar-refractivity contribution >= 4 is 33.5 Å². The third-order valence-corrected chi connectivity index (χ3v) is 3.69. The summed E-state index contributed by atoms with van der Waals surface area (Å²) >= 11 is 8.91. The van der Waals surface area contributed by atoms with Crippen molar-refractivity contribution in [2.24, 2.45) is 0 Å². The van der Waals surface area contributed by atoms with E-state index in [1.54, 1.807) is 31.2 Å². The Balaban J connectivity index is 2.40. The molecule has 0 aliphatic rings. The van der Waals surface area contributed by atoms with Gasteiger partial charge in [0.25, 0.3) is 0 Å². The van der Waals surface area contributed by atoms with E-state index in [9.17, 15) is 9.59 Å². The van der Waals surface area contributed by atoms with Crippen LogP contribution in [-0.4, -0.2) is 25.4 Å². The minimum atomic E-state index is -1.11. The SMILES string of the molecule is C[C@@H](c1ccc(Cl)cc1)n1nc(Br)n(CC(=O)O)c1=O. The molecule has 20 heavy (non-hydrogen) atoms. The van der Waals surface area contributed by atoms with Crippen molar-refractivity contribution in [2.45, 2.75) is 19.5 Å². The van der Waals surface area contributed by atoms with Gasteiger partial charge in [-0.25, -0.2) is 9.48 Å². The first-order valence-corrected chi connectivity index (χ1v) is 6.89. The minimum Gasteiger partial charge on any atom is -0.480 e. The summed E-state index contributed by atoms with van der Waals surface area (Å²) < 4.78 is 2.47. The third kappa shape index (κ3) is 2.94. The molecule has 1 N–H and O–H groups in total. The molecule has 1 atom stereocenters. The highest BCUT2D eigenvalue weighted by Crippen LogP contribution is 2.19. The molecule has 0 fully saturated rings. The molecule has 0 radical (unpaired) electrons. The Kier molecular flexibility index (Phi) is 4.29. The van der Waals surface area contributed by atoms with Gasteiger partial charge in [-0.1, -0.05) is 23.7 Å². The summed E-state index contributed by atoms with van der Waals surface area (Å²) in [5.41, 5.74) is 0.366. The molecule has 1 aromatic carbocycles. The van der Waals surface area contributed by atoms with Crippen molar-refractivity contribution in [3.8, 4) is 0 Å². The number of rotatable bonds is 4. The van der Waals surface area contributed by atoms with Crippen LogP contribution in [0.1, 0.15) is 18.5 Å². The summed E-state index contributed by atoms with van der Waals surface area (Å²) in [7, 11) is 0. The van der Waals surface area contributed by atoms with E-state index < -0.39 is 18.2 Å². The van der Waals surface area contributed by atoms with Gasteiger partial charge < -0.3 is 5.11 Å². The first-order chi connectivity index (χ1) is 9.40. The van der Waals surface area contributed by atoms with Crippen LogP contribution < -0.4 is 5.69 Å². The first kappa shape index (κ1) is 14.8. The molecule has 8 heteroatoms. The smallest absolute Gasteiger partial charge is 0.347 e. The molecule has 2 rings (SSSR count). The number of carboxylic acid groups (broad SMARTS) is 1. The van der Waals surface area contributed by atoms with E-state index in [-0.39, 0.29) is 10.8 Å². The predicted molar refractivity (Wildman–Crippen MR) is 77.1 cm³/mol. The van der Waals surface area contributed by atoms with Crippen molar-refractivity contribution in [2.75, 3.05) is 0 Å². The molecule has 6 nitrogen and oxygen atoms in total. The number of hydrogen-bond acceptors (Lipinski definition) is 3. The zero-order valence-electron chi connectivity index (χ0n) is 10.5. The van der Waals surface area contributed by atoms with Gasteiger partial charge in [0.1, 0.15) is 6.54 Å². The molecular formula is C12H11BrClN3O3. The number of hydrogen-bond donors (Lipinski definition) is 1. The number of benzene rings is 1. The van der Waals surface area contributed by atoms with E-state index in [1.165, 1.54) is 4.68 Å². The number of nitrogens with zero attached hydrogens (tertiary/aromatic N) is 3. The summed E-state index contributed by atoms with van der Waals surface area (Å²) in [5, 5.41) is 13.4. The van der Waals surface area contributed by atoms with Gasteiger partial charge in [-0.15, -0.1) is 5.10 Å². The van der Waals surface area contributed by atoms with Crippen molar-refractivity contribution < 1.29 is 9.90 Å². The summed E-state index contributed by atoms with van der Waals surface area (Å²) in [6.45, 7) is 1.36. The number of aromatic nitrogens is 3. The van der Waals surface area contributed by atoms with Crippen LogP contribution in [0, 0.1) is 0 Å². The summed E-state index contributed by atoms with van der Waals surface area (Å²) in [4.78, 5) is 22.9. The number of aliphatic carboxylic acids is 1. The molecule has 0 amide bonds. The van der Waals surface area contributed by atoms with Gasteiger partial charge in [-0.05, 0) is 40.5 Å². The van der Waals surface area contributed by atoms with Gasteiger partial charge in [-0.2, -0.15) is 0 Å². The van der Waals surface area contributed by atoms with Crippen LogP contribution in [0.5, 0.6) is 0 Å². The van der Waals surface area contributed by atoms with Gasteiger partial charge in [0, 0.05) is 5.02 Å². The number of carboxylic acids is 1. The summed E-state index contributed by atoms with van der Waals surface area (Å²) in [6, 6.07) is 6.71. The monoisotopic (exact) mass is 359 g/mol. The zero-order valence-corrected chi connectivity index (χ0v) is 12.8. The average molecular weight is 361 g/mol. The molecule has 0 saturated carbocycles. The van der Waals surface area contributed by atoms with Crippen molar-refractivity contribution in [3.05, 3.63) is 50.1 Å². The molecule has 0 bridgehead atoms. The standard InChI is InChI=1S/C12H11BrClN3O3/c1-7(8-2-4-9(14)5-3-8)17-12(20)16(6-10(18)19)11(13)15-17/h2-5,7H,6H2,1H3,(H,18,19)/t7-/m0/s1. The van der Waals surface area contributed by atoms with E-state index in [2.05, 4.69) is 21.0 Å². The Morgan fingerprint density at radius 2 is 2.05 bits per heavy atom. The lowest BCUT2D eigenvalue weighted by molar-refractivity contribution is -0.137. The highest BCUT2D eigenvalue weighted by atomic mass is 79.9. The van der Waals surface area contributed by atoms with Crippen molar-refractivity contribution in [3.63, 3.8) is 0 Å². The largest absolute Gasteiger partial charge is 0.480 e. The molecule has 0 spiro atoms. The molecule has 1 heterocycles. The molecule has 1 aromatic heterocycles. The molecule has 0 aliphatic carbocycles. The Morgan fingerprint density at radius 3 is 2.60 bits per heavy atom. The third-order valence-electron chi connectivity index (χ3n) is 2.85. The Hall–Kier alpha value is -1.60. The van der Waals surface area contributed by atoms with Crippen LogP contribution in [-0.2, 0) is 11.3 Å². The fraction of sp³-hybridized carbons (Fsp3) is 0.250. The van der Waals surface area contributed by atoms with Gasteiger partial charge >= 0.3 is 11.7 Å². The van der Waals surface area contributed by atoms with Gasteiger partial charge in [0.05, 0.1) is 6.04 Å². The molecule has 0 aliphatic heterocycles. The van der Waals surface area contributed by atoms with Crippen molar-refractivity contribution in [1.29, 1.82) is 0 Å². The fourth-order valence-electron chi connectivity index (χ4n) is 1.79. The molecule has 0 saturated heterocycles. The molecule has 106 valence electrons.